The third-order valence-corrected chi connectivity index (χ3v) is 6.29. The van der Waals surface area contributed by atoms with Crippen molar-refractivity contribution in [1.29, 1.82) is 10.5 Å². The van der Waals surface area contributed by atoms with Crippen LogP contribution in [0.2, 0.25) is 0 Å². The summed E-state index contributed by atoms with van der Waals surface area (Å²) in [5.41, 5.74) is -1.28. The molecule has 4 nitrogen and oxygen atoms in total. The Morgan fingerprint density at radius 3 is 1.64 bits per heavy atom. The summed E-state index contributed by atoms with van der Waals surface area (Å²) in [6.45, 7) is 2.97. The molecule has 0 heterocycles. The number of fused-ring (bicyclic) bond motifs is 6. The molecule has 5 aromatic rings. The van der Waals surface area contributed by atoms with Gasteiger partial charge in [-0.3, -0.25) is 0 Å². The van der Waals surface area contributed by atoms with Gasteiger partial charge >= 0.3 is 12.4 Å². The van der Waals surface area contributed by atoms with E-state index in [0.29, 0.717) is 16.3 Å². The molecule has 0 radical (unpaired) electrons. The Kier molecular flexibility index (Phi) is 4.87. The Balaban J connectivity index is 2.12. The lowest BCUT2D eigenvalue weighted by molar-refractivity contribution is -0.137. The van der Waals surface area contributed by atoms with Gasteiger partial charge in [0.2, 0.25) is 12.4 Å². The zero-order valence-corrected chi connectivity index (χ0v) is 18.5. The van der Waals surface area contributed by atoms with E-state index in [2.05, 4.69) is 9.98 Å². The molecule has 5 rings (SSSR count). The molecule has 0 aromatic heterocycles. The predicted molar refractivity (Wildman–Crippen MR) is 121 cm³/mol. The molecular weight excluding hydrogens is 482 g/mol. The zero-order chi connectivity index (χ0) is 26.2. The minimum absolute atomic E-state index is 0.0382. The lowest BCUT2D eigenvalue weighted by Gasteiger charge is -2.10. The third kappa shape index (κ3) is 3.29. The second-order valence-corrected chi connectivity index (χ2v) is 8.51. The quantitative estimate of drug-likeness (QED) is 0.180. The molecule has 0 aliphatic carbocycles. The molecule has 0 aliphatic heterocycles. The fourth-order valence-corrected chi connectivity index (χ4v) is 5.02. The second kappa shape index (κ2) is 7.53. The van der Waals surface area contributed by atoms with E-state index in [1.165, 1.54) is 32.0 Å². The van der Waals surface area contributed by atoms with Crippen molar-refractivity contribution >= 4 is 43.1 Å². The van der Waals surface area contributed by atoms with E-state index in [-0.39, 0.29) is 48.6 Å². The van der Waals surface area contributed by atoms with Gasteiger partial charge in [0, 0.05) is 26.9 Å². The molecule has 10 heteroatoms. The van der Waals surface area contributed by atoms with Gasteiger partial charge in [-0.15, -0.1) is 0 Å². The molecule has 0 bridgehead atoms. The summed E-state index contributed by atoms with van der Waals surface area (Å²) in [5, 5.41) is 19.9. The van der Waals surface area contributed by atoms with Gasteiger partial charge in [0.05, 0.1) is 21.8 Å². The minimum atomic E-state index is -4.72. The highest BCUT2D eigenvalue weighted by Gasteiger charge is 2.35. The molecule has 0 aliphatic rings. The maximum absolute atomic E-state index is 14.0. The van der Waals surface area contributed by atoms with Gasteiger partial charge in [-0.1, -0.05) is 0 Å². The van der Waals surface area contributed by atoms with Crippen LogP contribution >= 0.6 is 0 Å². The summed E-state index contributed by atoms with van der Waals surface area (Å²) in [7, 11) is 0. The van der Waals surface area contributed by atoms with Crippen LogP contribution in [-0.4, -0.2) is 0 Å². The van der Waals surface area contributed by atoms with E-state index in [4.69, 9.17) is 0 Å². The van der Waals surface area contributed by atoms with Gasteiger partial charge in [-0.25, -0.2) is 0 Å². The molecule has 0 amide bonds. The average molecular weight is 494 g/mol. The molecule has 36 heavy (non-hydrogen) atoms. The van der Waals surface area contributed by atoms with Crippen LogP contribution in [0.3, 0.4) is 0 Å². The molecule has 0 spiro atoms. The largest absolute Gasteiger partial charge is 0.417 e. The molecule has 0 saturated carbocycles. The van der Waals surface area contributed by atoms with Gasteiger partial charge in [-0.2, -0.15) is 46.9 Å². The molecule has 0 atom stereocenters. The number of benzene rings is 3. The first-order chi connectivity index (χ1) is 16.9. The summed E-state index contributed by atoms with van der Waals surface area (Å²) >= 11 is 0. The van der Waals surface area contributed by atoms with E-state index < -0.39 is 23.5 Å². The Bertz CT molecular complexity index is 1960. The molecular formula is C26H12F6N4. The molecule has 0 fully saturated rings. The number of hydrogen-bond donors (Lipinski definition) is 0. The summed E-state index contributed by atoms with van der Waals surface area (Å²) in [6.07, 6.45) is -6.15. The van der Waals surface area contributed by atoms with Crippen molar-refractivity contribution in [1.82, 2.24) is 0 Å². The van der Waals surface area contributed by atoms with Crippen LogP contribution < -0.4 is 10.7 Å². The summed E-state index contributed by atoms with van der Waals surface area (Å²) in [4.78, 5) is 7.54. The number of halogens is 6. The van der Waals surface area contributed by atoms with Gasteiger partial charge in [0.15, 0.2) is 0 Å². The van der Waals surface area contributed by atoms with Crippen molar-refractivity contribution in [3.8, 4) is 12.4 Å². The highest BCUT2D eigenvalue weighted by molar-refractivity contribution is 6.22. The van der Waals surface area contributed by atoms with Crippen LogP contribution in [0.25, 0.3) is 43.1 Å². The molecule has 5 aromatic carbocycles. The third-order valence-electron chi connectivity index (χ3n) is 6.29. The van der Waals surface area contributed by atoms with Crippen LogP contribution in [0, 0.1) is 36.8 Å². The van der Waals surface area contributed by atoms with Crippen LogP contribution in [0.5, 0.6) is 0 Å². The van der Waals surface area contributed by atoms with Crippen LogP contribution in [0.4, 0.5) is 26.3 Å². The van der Waals surface area contributed by atoms with E-state index in [9.17, 15) is 36.9 Å². The Labute approximate surface area is 198 Å². The van der Waals surface area contributed by atoms with Crippen molar-refractivity contribution in [2.75, 3.05) is 0 Å². The number of nitriles is 2. The minimum Gasteiger partial charge on any atom is -0.172 e. The zero-order valence-electron chi connectivity index (χ0n) is 18.5. The van der Waals surface area contributed by atoms with Gasteiger partial charge < -0.3 is 0 Å². The van der Waals surface area contributed by atoms with Crippen molar-refractivity contribution in [3.63, 3.8) is 0 Å². The first kappa shape index (κ1) is 23.3. The van der Waals surface area contributed by atoms with E-state index in [1.807, 2.05) is 0 Å². The summed E-state index contributed by atoms with van der Waals surface area (Å²) in [6, 6.07) is 7.24. The predicted octanol–water partition coefficient (Wildman–Crippen LogP) is 6.59. The molecule has 0 saturated heterocycles. The topological polar surface area (TPSA) is 72.3 Å². The van der Waals surface area contributed by atoms with E-state index in [0.717, 1.165) is 18.2 Å². The fraction of sp³-hybridized carbons (Fsp3) is 0.154. The Hall–Kier alpha value is -4.44. The molecule has 178 valence electrons. The van der Waals surface area contributed by atoms with Gasteiger partial charge in [0.25, 0.3) is 0 Å². The maximum Gasteiger partial charge on any atom is 0.417 e. The molecule has 0 unspecified atom stereocenters. The number of hydrogen-bond acceptors (Lipinski definition) is 4. The monoisotopic (exact) mass is 494 g/mol. The second-order valence-electron chi connectivity index (χ2n) is 8.51. The number of nitrogens with zero attached hydrogens (tertiary/aromatic N) is 4. The number of rotatable bonds is 0. The highest BCUT2D eigenvalue weighted by atomic mass is 19.4. The first-order valence-electron chi connectivity index (χ1n) is 10.4. The van der Waals surface area contributed by atoms with Crippen molar-refractivity contribution in [3.05, 3.63) is 69.4 Å². The van der Waals surface area contributed by atoms with Crippen molar-refractivity contribution in [2.24, 2.45) is 9.98 Å². The van der Waals surface area contributed by atoms with Gasteiger partial charge in [0.1, 0.15) is 0 Å². The molecule has 0 N–H and O–H groups in total. The van der Waals surface area contributed by atoms with Crippen LogP contribution in [-0.2, 0) is 12.4 Å². The van der Waals surface area contributed by atoms with E-state index in [1.54, 1.807) is 12.4 Å². The first-order valence-corrected chi connectivity index (χ1v) is 10.4. The summed E-state index contributed by atoms with van der Waals surface area (Å²) in [5.74, 6) is 0. The standard InChI is InChI=1S/C26H12F6N4/c1-11-3-18-22(20(4-11)26(30,31)32)15-8-16-14(7-17(15)23(18)35-9-33)21-12(2)5-13(25(27,28)29)6-19(21)24(16)36-10-34/h3-8H,1-2H3/b35-23-,36-24-. The van der Waals surface area contributed by atoms with Crippen molar-refractivity contribution in [2.45, 2.75) is 26.2 Å². The lowest BCUT2D eigenvalue weighted by atomic mass is 10.0. The highest BCUT2D eigenvalue weighted by Crippen LogP contribution is 2.41. The Morgan fingerprint density at radius 1 is 0.611 bits per heavy atom. The lowest BCUT2D eigenvalue weighted by Crippen LogP contribution is -2.07. The smallest absolute Gasteiger partial charge is 0.172 e. The number of alkyl halides is 6. The average Bonchev–Trinajstić information content (AvgIpc) is 3.24. The Morgan fingerprint density at radius 2 is 1.14 bits per heavy atom. The summed E-state index contributed by atoms with van der Waals surface area (Å²) < 4.78 is 82.6. The van der Waals surface area contributed by atoms with Crippen LogP contribution in [0.15, 0.2) is 46.4 Å². The SMILES string of the molecule is Cc1cc(C(F)(F)F)c2c(c1)/c(=N\C#N)c1cc3c(cc12)/c(=N/C#N)c1cc(C(F)(F)F)cc(C)c13. The normalized spacial score (nSPS) is 13.8. The van der Waals surface area contributed by atoms with Crippen molar-refractivity contribution < 1.29 is 26.3 Å². The van der Waals surface area contributed by atoms with Crippen LogP contribution in [0.1, 0.15) is 22.3 Å². The fourth-order valence-electron chi connectivity index (χ4n) is 5.02. The van der Waals surface area contributed by atoms with E-state index >= 15 is 0 Å². The maximum atomic E-state index is 14.0. The van der Waals surface area contributed by atoms with Gasteiger partial charge in [-0.05, 0) is 77.5 Å². The number of aryl methyl sites for hydroxylation is 2.